The van der Waals surface area contributed by atoms with E-state index in [0.717, 1.165) is 10.4 Å². The Labute approximate surface area is 457 Å². The van der Waals surface area contributed by atoms with Gasteiger partial charge >= 0.3 is 12.1 Å². The molecule has 1 N–H and O–H groups in total. The lowest BCUT2D eigenvalue weighted by atomic mass is 9.64. The molecular weight excluding hydrogens is 1020 g/mol. The number of rotatable bonds is 12. The Bertz CT molecular complexity index is 3720. The Kier molecular flexibility index (Phi) is 13.7. The van der Waals surface area contributed by atoms with Gasteiger partial charge in [0.2, 0.25) is 17.8 Å². The number of piperazine rings is 1. The van der Waals surface area contributed by atoms with Gasteiger partial charge in [0.15, 0.2) is 0 Å². The molecule has 6 aromatic carbocycles. The molecule has 20 heteroatoms. The third-order valence-electron chi connectivity index (χ3n) is 15.3. The molecule has 80 heavy (non-hydrogen) atoms. The summed E-state index contributed by atoms with van der Waals surface area (Å²) in [7, 11) is 0. The van der Waals surface area contributed by atoms with Crippen LogP contribution in [-0.4, -0.2) is 114 Å². The van der Waals surface area contributed by atoms with Gasteiger partial charge in [0, 0.05) is 61.8 Å². The van der Waals surface area contributed by atoms with E-state index in [9.17, 15) is 15.2 Å². The molecule has 3 saturated heterocycles. The molecule has 6 heterocycles. The Morgan fingerprint density at radius 1 is 0.800 bits per heavy atom. The van der Waals surface area contributed by atoms with Gasteiger partial charge < -0.3 is 29.1 Å². The molecular formula is C60H50N10O10. The number of amides is 3. The van der Waals surface area contributed by atoms with Crippen molar-refractivity contribution in [2.24, 2.45) is 5.92 Å². The molecule has 0 saturated carbocycles. The largest absolute Gasteiger partial charge is 0.491 e. The first-order valence-corrected chi connectivity index (χ1v) is 26.0. The van der Waals surface area contributed by atoms with E-state index in [1.165, 1.54) is 24.3 Å². The maximum absolute atomic E-state index is 17.0. The first kappa shape index (κ1) is 50.9. The molecule has 20 nitrogen and oxygen atoms in total. The number of imide groups is 1. The predicted molar refractivity (Wildman–Crippen MR) is 289 cm³/mol. The van der Waals surface area contributed by atoms with Gasteiger partial charge in [0.05, 0.1) is 40.7 Å². The Balaban J connectivity index is 1.09. The van der Waals surface area contributed by atoms with E-state index < -0.39 is 71.0 Å². The number of aliphatic hydroxyl groups excluding tert-OH is 1. The zero-order chi connectivity index (χ0) is 54.9. The number of nitro benzene ring substituents is 1. The highest BCUT2D eigenvalue weighted by atomic mass is 16.6. The minimum Gasteiger partial charge on any atom is -0.491 e. The second kappa shape index (κ2) is 21.5. The number of ether oxygens (including phenoxy) is 3. The summed E-state index contributed by atoms with van der Waals surface area (Å²) in [6.07, 6.45) is 1.17. The molecule has 0 aliphatic carbocycles. The van der Waals surface area contributed by atoms with Gasteiger partial charge in [-0.2, -0.15) is 0 Å². The zero-order valence-electron chi connectivity index (χ0n) is 42.8. The third-order valence-corrected chi connectivity index (χ3v) is 15.3. The van der Waals surface area contributed by atoms with Gasteiger partial charge in [0.1, 0.15) is 48.6 Å². The van der Waals surface area contributed by atoms with E-state index in [2.05, 4.69) is 32.1 Å². The fourth-order valence-corrected chi connectivity index (χ4v) is 11.9. The van der Waals surface area contributed by atoms with Crippen molar-refractivity contribution in [3.63, 3.8) is 0 Å². The number of hydrogen-bond donors (Lipinski definition) is 1. The summed E-state index contributed by atoms with van der Waals surface area (Å²) in [5.74, 6) is 3.37. The van der Waals surface area contributed by atoms with Gasteiger partial charge in [-0.1, -0.05) is 108 Å². The maximum atomic E-state index is 17.0. The highest BCUT2D eigenvalue weighted by Gasteiger charge is 2.76. The van der Waals surface area contributed by atoms with E-state index in [0.29, 0.717) is 52.4 Å². The van der Waals surface area contributed by atoms with Crippen molar-refractivity contribution >= 4 is 52.2 Å². The first-order chi connectivity index (χ1) is 39.1. The number of nitro groups is 1. The number of carbonyl (C=O) groups is 4. The summed E-state index contributed by atoms with van der Waals surface area (Å²) in [6.45, 7) is 0.130. The standard InChI is InChI=1S/C60H50N10O10/c71-35-36-78-49-21-10-7-18-44(49)54-60(45-37-39(13-11-30-67-48-20-9-8-19-46(48)63-64-67)24-27-47(45)68(57(60)74)59(75)79-38-40-22-25-43(26-23-40)70(76)77)50(55(72)65-31-33-66(34-32-65)58-61-28-12-29-62-58)52-56(73)80-53(42-16-5-2-6-17-42)51(69(52)54)41-14-3-1-4-15-41/h1-10,12,14-29,37,50-54,71H,30-36,38H2. The number of cyclic esters (lactones) is 1. The van der Waals surface area contributed by atoms with Gasteiger partial charge in [0.25, 0.3) is 5.69 Å². The van der Waals surface area contributed by atoms with Gasteiger partial charge in [-0.05, 0) is 76.9 Å². The van der Waals surface area contributed by atoms with E-state index in [1.807, 2.05) is 94.7 Å². The van der Waals surface area contributed by atoms with Crippen molar-refractivity contribution < 1.29 is 43.4 Å². The molecule has 4 aliphatic rings. The molecule has 400 valence electrons. The van der Waals surface area contributed by atoms with Crippen molar-refractivity contribution in [3.8, 4) is 17.6 Å². The van der Waals surface area contributed by atoms with Crippen molar-refractivity contribution in [2.45, 2.75) is 42.8 Å². The van der Waals surface area contributed by atoms with Crippen LogP contribution in [0.4, 0.5) is 22.1 Å². The molecule has 2 aromatic heterocycles. The summed E-state index contributed by atoms with van der Waals surface area (Å²) in [5.41, 5.74) is 1.89. The normalized spacial score (nSPS) is 21.4. The molecule has 0 radical (unpaired) electrons. The van der Waals surface area contributed by atoms with Crippen LogP contribution in [0.25, 0.3) is 11.0 Å². The zero-order valence-corrected chi connectivity index (χ0v) is 42.8. The Morgan fingerprint density at radius 3 is 2.24 bits per heavy atom. The predicted octanol–water partition coefficient (Wildman–Crippen LogP) is 6.90. The third kappa shape index (κ3) is 8.97. The molecule has 12 rings (SSSR count). The second-order valence-corrected chi connectivity index (χ2v) is 19.6. The average molecular weight is 1070 g/mol. The summed E-state index contributed by atoms with van der Waals surface area (Å²) >= 11 is 0. The summed E-state index contributed by atoms with van der Waals surface area (Å²) in [6, 6.07) is 41.6. The van der Waals surface area contributed by atoms with E-state index in [4.69, 9.17) is 14.2 Å². The number of non-ortho nitro benzene ring substituents is 1. The highest BCUT2D eigenvalue weighted by molar-refractivity contribution is 6.23. The minimum atomic E-state index is -2.20. The van der Waals surface area contributed by atoms with Crippen LogP contribution in [0.1, 0.15) is 51.6 Å². The van der Waals surface area contributed by atoms with Crippen LogP contribution in [0.15, 0.2) is 170 Å². The highest BCUT2D eigenvalue weighted by Crippen LogP contribution is 2.67. The lowest BCUT2D eigenvalue weighted by molar-refractivity contribution is -0.384. The van der Waals surface area contributed by atoms with E-state index in [1.54, 1.807) is 70.5 Å². The number of anilines is 2. The number of morpholine rings is 1. The van der Waals surface area contributed by atoms with Crippen LogP contribution in [0.3, 0.4) is 0 Å². The summed E-state index contributed by atoms with van der Waals surface area (Å²) in [4.78, 5) is 90.8. The van der Waals surface area contributed by atoms with Crippen molar-refractivity contribution in [1.82, 2.24) is 34.8 Å². The molecule has 0 bridgehead atoms. The number of hydrogen-bond acceptors (Lipinski definition) is 16. The van der Waals surface area contributed by atoms with Crippen LogP contribution in [0.5, 0.6) is 5.75 Å². The number of nitrogens with zero attached hydrogens (tertiary/aromatic N) is 10. The molecule has 4 aliphatic heterocycles. The molecule has 6 unspecified atom stereocenters. The fraction of sp³-hybridized carbons (Fsp3) is 0.233. The molecule has 3 amide bonds. The number of benzene rings is 6. The Morgan fingerprint density at radius 2 is 1.50 bits per heavy atom. The SMILES string of the molecule is O=C1OC(c2ccccc2)C(c2ccccc2)N2C1C(C(=O)N1CCN(c3ncccn3)CC1)C1(C(=O)N(C(=O)OCc3ccc([N+](=O)[O-])cc3)c3ccc(C#CCn4nnc5ccccc54)cc31)C2c1ccccc1OCCO. The lowest BCUT2D eigenvalue weighted by Crippen LogP contribution is -2.59. The molecule has 6 atom stereocenters. The van der Waals surface area contributed by atoms with Crippen LogP contribution in [-0.2, 0) is 42.4 Å². The number of aliphatic hydroxyl groups is 1. The van der Waals surface area contributed by atoms with E-state index in [-0.39, 0.29) is 55.5 Å². The lowest BCUT2D eigenvalue weighted by Gasteiger charge is -2.46. The van der Waals surface area contributed by atoms with E-state index >= 15 is 19.2 Å². The number of esters is 1. The van der Waals surface area contributed by atoms with Crippen molar-refractivity contribution in [3.05, 3.63) is 214 Å². The Hall–Kier alpha value is -9.84. The number of fused-ring (bicyclic) bond motifs is 4. The van der Waals surface area contributed by atoms with Gasteiger partial charge in [-0.15, -0.1) is 5.10 Å². The van der Waals surface area contributed by atoms with Crippen LogP contribution >= 0.6 is 0 Å². The monoisotopic (exact) mass is 1070 g/mol. The number of para-hydroxylation sites is 2. The fourth-order valence-electron chi connectivity index (χ4n) is 11.9. The van der Waals surface area contributed by atoms with Gasteiger partial charge in [-0.25, -0.2) is 24.3 Å². The topological polar surface area (TPSA) is 229 Å². The van der Waals surface area contributed by atoms with Crippen LogP contribution in [0.2, 0.25) is 0 Å². The van der Waals surface area contributed by atoms with Gasteiger partial charge in [-0.3, -0.25) is 29.4 Å². The average Bonchev–Trinajstić information content (AvgIpc) is 4.24. The molecule has 1 spiro atoms. The van der Waals surface area contributed by atoms with Crippen molar-refractivity contribution in [1.29, 1.82) is 0 Å². The van der Waals surface area contributed by atoms with Crippen LogP contribution in [0, 0.1) is 27.9 Å². The maximum Gasteiger partial charge on any atom is 0.421 e. The number of aromatic nitrogens is 5. The summed E-state index contributed by atoms with van der Waals surface area (Å²) in [5, 5.41) is 30.4. The first-order valence-electron chi connectivity index (χ1n) is 26.0. The van der Waals surface area contributed by atoms with Crippen LogP contribution < -0.4 is 14.5 Å². The van der Waals surface area contributed by atoms with Crippen molar-refractivity contribution in [2.75, 3.05) is 49.2 Å². The second-order valence-electron chi connectivity index (χ2n) is 19.6. The minimum absolute atomic E-state index is 0.0724. The number of carbonyl (C=O) groups excluding carboxylic acids is 4. The molecule has 3 fully saturated rings. The molecule has 8 aromatic rings. The smallest absolute Gasteiger partial charge is 0.421 e. The quantitative estimate of drug-likeness (QED) is 0.0568. The summed E-state index contributed by atoms with van der Waals surface area (Å²) < 4.78 is 20.7.